The number of amides is 1. The summed E-state index contributed by atoms with van der Waals surface area (Å²) in [6, 6.07) is 9.29. The number of aromatic nitrogens is 6. The molecule has 0 aliphatic carbocycles. The smallest absolute Gasteiger partial charge is 0.295 e. The third kappa shape index (κ3) is 4.17. The quantitative estimate of drug-likeness (QED) is 0.565. The lowest BCUT2D eigenvalue weighted by molar-refractivity contribution is -0.113. The SMILES string of the molecule is Cc1c(NC(=O)CSc2nnnn2CC2CCCO2)c(=O)n(-c2ccccc2)n1C. The molecule has 2 aromatic heterocycles. The Bertz CT molecular complexity index is 1080. The van der Waals surface area contributed by atoms with Gasteiger partial charge in [0.1, 0.15) is 5.69 Å². The fraction of sp³-hybridized carbons (Fsp3) is 0.421. The van der Waals surface area contributed by atoms with Gasteiger partial charge in [-0.1, -0.05) is 30.0 Å². The van der Waals surface area contributed by atoms with Crippen LogP contribution in [0.2, 0.25) is 0 Å². The van der Waals surface area contributed by atoms with Crippen LogP contribution in [0, 0.1) is 6.92 Å². The molecule has 3 heterocycles. The van der Waals surface area contributed by atoms with Crippen LogP contribution in [0.4, 0.5) is 5.69 Å². The number of anilines is 1. The maximum atomic E-state index is 12.9. The maximum absolute atomic E-state index is 12.9. The normalized spacial score (nSPS) is 16.1. The van der Waals surface area contributed by atoms with Crippen molar-refractivity contribution in [2.45, 2.75) is 37.6 Å². The molecule has 1 saturated heterocycles. The van der Waals surface area contributed by atoms with Crippen molar-refractivity contribution >= 4 is 23.4 Å². The Balaban J connectivity index is 1.43. The first-order valence-corrected chi connectivity index (χ1v) is 10.7. The molecular formula is C19H23N7O3S. The summed E-state index contributed by atoms with van der Waals surface area (Å²) < 4.78 is 10.5. The molecule has 158 valence electrons. The number of para-hydroxylation sites is 1. The molecular weight excluding hydrogens is 406 g/mol. The van der Waals surface area contributed by atoms with Crippen LogP contribution in [0.3, 0.4) is 0 Å². The number of nitrogens with one attached hydrogen (secondary N) is 1. The Morgan fingerprint density at radius 3 is 2.87 bits per heavy atom. The second-order valence-electron chi connectivity index (χ2n) is 7.05. The van der Waals surface area contributed by atoms with E-state index in [1.54, 1.807) is 23.3 Å². The monoisotopic (exact) mass is 429 g/mol. The Labute approximate surface area is 177 Å². The fourth-order valence-corrected chi connectivity index (χ4v) is 4.10. The molecule has 0 bridgehead atoms. The molecule has 1 N–H and O–H groups in total. The molecule has 11 heteroatoms. The molecule has 1 aromatic carbocycles. The number of tetrazole rings is 1. The molecule has 3 aromatic rings. The second-order valence-corrected chi connectivity index (χ2v) is 7.99. The van der Waals surface area contributed by atoms with Crippen LogP contribution in [0.15, 0.2) is 40.3 Å². The first-order valence-electron chi connectivity index (χ1n) is 9.69. The van der Waals surface area contributed by atoms with Gasteiger partial charge in [-0.05, 0) is 42.3 Å². The number of nitrogens with zero attached hydrogens (tertiary/aromatic N) is 6. The highest BCUT2D eigenvalue weighted by Gasteiger charge is 2.21. The van der Waals surface area contributed by atoms with E-state index in [1.807, 2.05) is 30.3 Å². The summed E-state index contributed by atoms with van der Waals surface area (Å²) >= 11 is 1.23. The minimum absolute atomic E-state index is 0.0883. The summed E-state index contributed by atoms with van der Waals surface area (Å²) in [6.07, 6.45) is 2.12. The molecule has 30 heavy (non-hydrogen) atoms. The summed E-state index contributed by atoms with van der Waals surface area (Å²) in [5.41, 5.74) is 1.40. The van der Waals surface area contributed by atoms with Gasteiger partial charge in [-0.2, -0.15) is 0 Å². The van der Waals surface area contributed by atoms with Crippen molar-refractivity contribution in [1.82, 2.24) is 29.6 Å². The van der Waals surface area contributed by atoms with E-state index in [2.05, 4.69) is 20.8 Å². The standard InChI is InChI=1S/C19H23N7O3S/c1-13-17(18(28)26(24(13)2)14-7-4-3-5-8-14)20-16(27)12-30-19-21-22-23-25(19)11-15-9-6-10-29-15/h3-5,7-8,15H,6,9-12H2,1-2H3,(H,20,27). The van der Waals surface area contributed by atoms with Crippen molar-refractivity contribution < 1.29 is 9.53 Å². The largest absolute Gasteiger partial charge is 0.376 e. The van der Waals surface area contributed by atoms with E-state index in [9.17, 15) is 9.59 Å². The number of hydrogen-bond acceptors (Lipinski definition) is 7. The minimum atomic E-state index is -0.294. The van der Waals surface area contributed by atoms with Crippen molar-refractivity contribution in [3.63, 3.8) is 0 Å². The number of carbonyl (C=O) groups is 1. The first kappa shape index (κ1) is 20.4. The van der Waals surface area contributed by atoms with Gasteiger partial charge in [0, 0.05) is 13.7 Å². The predicted octanol–water partition coefficient (Wildman–Crippen LogP) is 1.38. The Kier molecular flexibility index (Phi) is 6.00. The zero-order valence-corrected chi connectivity index (χ0v) is 17.6. The van der Waals surface area contributed by atoms with E-state index in [-0.39, 0.29) is 29.0 Å². The Morgan fingerprint density at radius 2 is 2.13 bits per heavy atom. The van der Waals surface area contributed by atoms with Gasteiger partial charge >= 0.3 is 0 Å². The summed E-state index contributed by atoms with van der Waals surface area (Å²) in [6.45, 7) is 3.12. The van der Waals surface area contributed by atoms with E-state index in [1.165, 1.54) is 16.4 Å². The molecule has 4 rings (SSSR count). The predicted molar refractivity (Wildman–Crippen MR) is 112 cm³/mol. The van der Waals surface area contributed by atoms with Gasteiger partial charge in [0.25, 0.3) is 5.56 Å². The van der Waals surface area contributed by atoms with Gasteiger partial charge in [-0.3, -0.25) is 14.3 Å². The van der Waals surface area contributed by atoms with Crippen molar-refractivity contribution in [3.8, 4) is 5.69 Å². The second kappa shape index (κ2) is 8.84. The molecule has 1 aliphatic heterocycles. The van der Waals surface area contributed by atoms with Crippen LogP contribution < -0.4 is 10.9 Å². The molecule has 1 atom stereocenters. The van der Waals surface area contributed by atoms with E-state index in [4.69, 9.17) is 4.74 Å². The highest BCUT2D eigenvalue weighted by atomic mass is 32.2. The fourth-order valence-electron chi connectivity index (χ4n) is 3.41. The lowest BCUT2D eigenvalue weighted by Crippen LogP contribution is -2.23. The third-order valence-electron chi connectivity index (χ3n) is 5.05. The number of ether oxygens (including phenoxy) is 1. The molecule has 0 spiro atoms. The average molecular weight is 430 g/mol. The summed E-state index contributed by atoms with van der Waals surface area (Å²) in [7, 11) is 1.79. The van der Waals surface area contributed by atoms with Gasteiger partial charge in [-0.25, -0.2) is 9.36 Å². The van der Waals surface area contributed by atoms with Crippen LogP contribution in [0.1, 0.15) is 18.5 Å². The number of rotatable bonds is 7. The molecule has 10 nitrogen and oxygen atoms in total. The first-order chi connectivity index (χ1) is 14.5. The topological polar surface area (TPSA) is 109 Å². The van der Waals surface area contributed by atoms with Crippen molar-refractivity contribution in [2.75, 3.05) is 17.7 Å². The lowest BCUT2D eigenvalue weighted by atomic mass is 10.2. The molecule has 1 fully saturated rings. The Morgan fingerprint density at radius 1 is 1.33 bits per heavy atom. The molecule has 1 amide bonds. The number of benzene rings is 1. The van der Waals surface area contributed by atoms with Gasteiger partial charge in [0.15, 0.2) is 0 Å². The number of thioether (sulfide) groups is 1. The summed E-state index contributed by atoms with van der Waals surface area (Å²) in [5, 5.41) is 15.0. The highest BCUT2D eigenvalue weighted by Crippen LogP contribution is 2.19. The van der Waals surface area contributed by atoms with E-state index >= 15 is 0 Å². The minimum Gasteiger partial charge on any atom is -0.376 e. The molecule has 0 radical (unpaired) electrons. The summed E-state index contributed by atoms with van der Waals surface area (Å²) in [5.74, 6) is -0.206. The van der Waals surface area contributed by atoms with Gasteiger partial charge in [0.05, 0.1) is 29.8 Å². The van der Waals surface area contributed by atoms with E-state index in [0.29, 0.717) is 17.4 Å². The van der Waals surface area contributed by atoms with E-state index < -0.39 is 0 Å². The third-order valence-corrected chi connectivity index (χ3v) is 6.01. The van der Waals surface area contributed by atoms with Crippen LogP contribution in [0.5, 0.6) is 0 Å². The average Bonchev–Trinajstić information content (AvgIpc) is 3.46. The zero-order valence-electron chi connectivity index (χ0n) is 16.8. The van der Waals surface area contributed by atoms with E-state index in [0.717, 1.165) is 25.1 Å². The molecule has 1 unspecified atom stereocenters. The molecule has 0 saturated carbocycles. The van der Waals surface area contributed by atoms with Crippen LogP contribution >= 0.6 is 11.8 Å². The zero-order chi connectivity index (χ0) is 21.1. The van der Waals surface area contributed by atoms with Crippen LogP contribution in [-0.2, 0) is 23.1 Å². The lowest BCUT2D eigenvalue weighted by Gasteiger charge is -2.09. The molecule has 1 aliphatic rings. The maximum Gasteiger partial charge on any atom is 0.295 e. The van der Waals surface area contributed by atoms with Crippen molar-refractivity contribution in [1.29, 1.82) is 0 Å². The number of hydrogen-bond donors (Lipinski definition) is 1. The van der Waals surface area contributed by atoms with Crippen molar-refractivity contribution in [2.24, 2.45) is 7.05 Å². The summed E-state index contributed by atoms with van der Waals surface area (Å²) in [4.78, 5) is 25.4. The van der Waals surface area contributed by atoms with Gasteiger partial charge in [0.2, 0.25) is 11.1 Å². The van der Waals surface area contributed by atoms with Crippen LogP contribution in [-0.4, -0.2) is 53.9 Å². The van der Waals surface area contributed by atoms with Gasteiger partial charge in [-0.15, -0.1) is 5.10 Å². The number of carbonyl (C=O) groups excluding carboxylic acids is 1. The van der Waals surface area contributed by atoms with Crippen molar-refractivity contribution in [3.05, 3.63) is 46.4 Å². The highest BCUT2D eigenvalue weighted by molar-refractivity contribution is 7.99. The van der Waals surface area contributed by atoms with Crippen LogP contribution in [0.25, 0.3) is 5.69 Å². The Hall–Kier alpha value is -2.92. The van der Waals surface area contributed by atoms with Gasteiger partial charge < -0.3 is 10.1 Å².